The van der Waals surface area contributed by atoms with Crippen molar-refractivity contribution in [1.82, 2.24) is 9.88 Å². The van der Waals surface area contributed by atoms with E-state index < -0.39 is 5.82 Å². The van der Waals surface area contributed by atoms with E-state index in [1.54, 1.807) is 18.2 Å². The van der Waals surface area contributed by atoms with Gasteiger partial charge < -0.3 is 14.6 Å². The quantitative estimate of drug-likeness (QED) is 0.716. The highest BCUT2D eigenvalue weighted by atomic mass is 35.5. The molecule has 1 aromatic heterocycles. The number of aromatic nitrogens is 1. The summed E-state index contributed by atoms with van der Waals surface area (Å²) in [6.07, 6.45) is 0.872. The number of benzene rings is 2. The van der Waals surface area contributed by atoms with E-state index in [2.05, 4.69) is 10.3 Å². The Morgan fingerprint density at radius 3 is 3.07 bits per heavy atom. The van der Waals surface area contributed by atoms with Gasteiger partial charge in [0.05, 0.1) is 10.6 Å². The van der Waals surface area contributed by atoms with Crippen LogP contribution in [0.3, 0.4) is 0 Å². The Labute approximate surface area is 161 Å². The van der Waals surface area contributed by atoms with E-state index in [9.17, 15) is 9.18 Å². The molecule has 1 saturated heterocycles. The first kappa shape index (κ1) is 17.8. The van der Waals surface area contributed by atoms with Crippen molar-refractivity contribution in [2.45, 2.75) is 13.3 Å². The first-order valence-electron chi connectivity index (χ1n) is 8.85. The van der Waals surface area contributed by atoms with Gasteiger partial charge in [-0.15, -0.1) is 0 Å². The third-order valence-electron chi connectivity index (χ3n) is 4.83. The van der Waals surface area contributed by atoms with Crippen molar-refractivity contribution in [2.24, 2.45) is 5.92 Å². The molecule has 0 aliphatic carbocycles. The van der Waals surface area contributed by atoms with Gasteiger partial charge in [-0.25, -0.2) is 4.39 Å². The van der Waals surface area contributed by atoms with Crippen molar-refractivity contribution in [3.8, 4) is 0 Å². The summed E-state index contributed by atoms with van der Waals surface area (Å²) < 4.78 is 19.1. The molecule has 3 aromatic rings. The molecule has 0 radical (unpaired) electrons. The molecule has 2 aromatic carbocycles. The van der Waals surface area contributed by atoms with E-state index in [1.807, 2.05) is 24.0 Å². The van der Waals surface area contributed by atoms with Crippen LogP contribution in [0.4, 0.5) is 10.4 Å². The first-order chi connectivity index (χ1) is 13.0. The summed E-state index contributed by atoms with van der Waals surface area (Å²) in [5.41, 5.74) is 2.18. The van der Waals surface area contributed by atoms with E-state index in [4.69, 9.17) is 16.0 Å². The Hall–Kier alpha value is -2.60. The third-order valence-corrected chi connectivity index (χ3v) is 5.16. The number of halogens is 2. The number of amides is 1. The molecule has 4 rings (SSSR count). The van der Waals surface area contributed by atoms with Crippen LogP contribution in [0.5, 0.6) is 0 Å². The number of anilines is 1. The molecule has 140 valence electrons. The van der Waals surface area contributed by atoms with Crippen LogP contribution >= 0.6 is 11.6 Å². The van der Waals surface area contributed by atoms with E-state index >= 15 is 0 Å². The van der Waals surface area contributed by atoms with E-state index in [-0.39, 0.29) is 17.4 Å². The van der Waals surface area contributed by atoms with Gasteiger partial charge in [-0.05, 0) is 43.5 Å². The first-order valence-corrected chi connectivity index (χ1v) is 9.23. The largest absolute Gasteiger partial charge is 0.420 e. The molecule has 0 saturated carbocycles. The van der Waals surface area contributed by atoms with Crippen molar-refractivity contribution < 1.29 is 13.6 Å². The molecule has 1 aliphatic heterocycles. The molecule has 27 heavy (non-hydrogen) atoms. The fourth-order valence-electron chi connectivity index (χ4n) is 3.38. The van der Waals surface area contributed by atoms with Gasteiger partial charge >= 0.3 is 0 Å². The third kappa shape index (κ3) is 3.62. The minimum absolute atomic E-state index is 0.0462. The zero-order valence-electron chi connectivity index (χ0n) is 14.8. The standard InChI is InChI=1S/C20H19ClFN3O2/c1-12-5-6-15(21)14(9-12)19(26)25-8-7-13(11-25)10-23-20-24-17-4-2-3-16(22)18(17)27-20/h2-6,9,13H,7-8,10-11H2,1H3,(H,23,24)/t13-/m0/s1. The Morgan fingerprint density at radius 2 is 2.26 bits per heavy atom. The van der Waals surface area contributed by atoms with Crippen LogP contribution in [0.1, 0.15) is 22.3 Å². The molecule has 0 spiro atoms. The highest BCUT2D eigenvalue weighted by Gasteiger charge is 2.28. The molecule has 1 N–H and O–H groups in total. The lowest BCUT2D eigenvalue weighted by Gasteiger charge is -2.17. The molecular weight excluding hydrogens is 369 g/mol. The van der Waals surface area contributed by atoms with Crippen LogP contribution in [0, 0.1) is 18.7 Å². The van der Waals surface area contributed by atoms with Gasteiger partial charge in [0.1, 0.15) is 5.52 Å². The maximum atomic E-state index is 13.7. The Bertz CT molecular complexity index is 1000. The maximum Gasteiger partial charge on any atom is 0.295 e. The number of fused-ring (bicyclic) bond motifs is 1. The molecular formula is C20H19ClFN3O2. The van der Waals surface area contributed by atoms with Gasteiger partial charge in [0.15, 0.2) is 11.4 Å². The predicted molar refractivity (Wildman–Crippen MR) is 103 cm³/mol. The number of rotatable bonds is 4. The number of hydrogen-bond donors (Lipinski definition) is 1. The predicted octanol–water partition coefficient (Wildman–Crippen LogP) is 4.50. The number of carbonyl (C=O) groups is 1. The molecule has 0 bridgehead atoms. The number of oxazole rings is 1. The van der Waals surface area contributed by atoms with Crippen LogP contribution in [0.25, 0.3) is 11.1 Å². The molecule has 1 fully saturated rings. The van der Waals surface area contributed by atoms with Gasteiger partial charge in [0, 0.05) is 19.6 Å². The zero-order chi connectivity index (χ0) is 19.0. The number of aryl methyl sites for hydroxylation is 1. The van der Waals surface area contributed by atoms with Gasteiger partial charge in [0.2, 0.25) is 0 Å². The number of hydrogen-bond acceptors (Lipinski definition) is 4. The fourth-order valence-corrected chi connectivity index (χ4v) is 3.58. The van der Waals surface area contributed by atoms with Crippen LogP contribution < -0.4 is 5.32 Å². The minimum atomic E-state index is -0.430. The smallest absolute Gasteiger partial charge is 0.295 e. The minimum Gasteiger partial charge on any atom is -0.420 e. The average molecular weight is 388 g/mol. The van der Waals surface area contributed by atoms with E-state index in [0.717, 1.165) is 12.0 Å². The van der Waals surface area contributed by atoms with Crippen molar-refractivity contribution in [3.63, 3.8) is 0 Å². The highest BCUT2D eigenvalue weighted by Crippen LogP contribution is 2.25. The SMILES string of the molecule is Cc1ccc(Cl)c(C(=O)N2CC[C@@H](CNc3nc4cccc(F)c4o3)C2)c1. The normalized spacial score (nSPS) is 16.9. The van der Waals surface area contributed by atoms with Gasteiger partial charge in [0.25, 0.3) is 11.9 Å². The zero-order valence-corrected chi connectivity index (χ0v) is 15.6. The molecule has 1 aliphatic rings. The Morgan fingerprint density at radius 1 is 1.41 bits per heavy atom. The number of nitrogens with one attached hydrogen (secondary N) is 1. The summed E-state index contributed by atoms with van der Waals surface area (Å²) in [6, 6.07) is 10.4. The van der Waals surface area contributed by atoms with Crippen molar-refractivity contribution in [1.29, 1.82) is 0 Å². The molecule has 0 unspecified atom stereocenters. The molecule has 7 heteroatoms. The van der Waals surface area contributed by atoms with E-state index in [0.29, 0.717) is 41.8 Å². The summed E-state index contributed by atoms with van der Waals surface area (Å²) in [4.78, 5) is 18.8. The average Bonchev–Trinajstić information content (AvgIpc) is 3.29. The lowest BCUT2D eigenvalue weighted by Crippen LogP contribution is -2.30. The molecule has 1 atom stereocenters. The second kappa shape index (κ2) is 7.19. The van der Waals surface area contributed by atoms with Gasteiger partial charge in [-0.1, -0.05) is 29.3 Å². The van der Waals surface area contributed by atoms with E-state index in [1.165, 1.54) is 6.07 Å². The topological polar surface area (TPSA) is 58.4 Å². The second-order valence-corrected chi connectivity index (χ2v) is 7.28. The summed E-state index contributed by atoms with van der Waals surface area (Å²) in [6.45, 7) is 3.84. The van der Waals surface area contributed by atoms with Crippen LogP contribution in [-0.2, 0) is 0 Å². The van der Waals surface area contributed by atoms with Gasteiger partial charge in [-0.3, -0.25) is 4.79 Å². The molecule has 5 nitrogen and oxygen atoms in total. The highest BCUT2D eigenvalue weighted by molar-refractivity contribution is 6.33. The van der Waals surface area contributed by atoms with Gasteiger partial charge in [-0.2, -0.15) is 4.98 Å². The summed E-state index contributed by atoms with van der Waals surface area (Å²) in [5.74, 6) is -0.215. The Kier molecular flexibility index (Phi) is 4.74. The molecule has 1 amide bonds. The monoisotopic (exact) mass is 387 g/mol. The lowest BCUT2D eigenvalue weighted by molar-refractivity contribution is 0.0788. The number of carbonyl (C=O) groups excluding carboxylic acids is 1. The Balaban J connectivity index is 1.38. The summed E-state index contributed by atoms with van der Waals surface area (Å²) >= 11 is 6.19. The fraction of sp³-hybridized carbons (Fsp3) is 0.300. The van der Waals surface area contributed by atoms with Crippen LogP contribution in [0.15, 0.2) is 40.8 Å². The second-order valence-electron chi connectivity index (χ2n) is 6.88. The lowest BCUT2D eigenvalue weighted by atomic mass is 10.1. The number of para-hydroxylation sites is 1. The van der Waals surface area contributed by atoms with Crippen LogP contribution in [0.2, 0.25) is 5.02 Å². The number of nitrogens with zero attached hydrogens (tertiary/aromatic N) is 2. The summed E-state index contributed by atoms with van der Waals surface area (Å²) in [7, 11) is 0. The van der Waals surface area contributed by atoms with Crippen molar-refractivity contribution in [3.05, 3.63) is 58.4 Å². The molecule has 2 heterocycles. The number of likely N-dealkylation sites (tertiary alicyclic amines) is 1. The maximum absolute atomic E-state index is 13.7. The summed E-state index contributed by atoms with van der Waals surface area (Å²) in [5, 5.41) is 3.59. The van der Waals surface area contributed by atoms with Crippen molar-refractivity contribution >= 4 is 34.6 Å². The van der Waals surface area contributed by atoms with Crippen molar-refractivity contribution in [2.75, 3.05) is 25.0 Å². The van der Waals surface area contributed by atoms with Crippen LogP contribution in [-0.4, -0.2) is 35.4 Å².